The fourth-order valence-corrected chi connectivity index (χ4v) is 1.13. The molecule has 0 amide bonds. The van der Waals surface area contributed by atoms with Crippen molar-refractivity contribution in [1.29, 1.82) is 0 Å². The molecule has 0 aliphatic rings. The fourth-order valence-electron chi connectivity index (χ4n) is 1.13. The van der Waals surface area contributed by atoms with Gasteiger partial charge in [-0.25, -0.2) is 0 Å². The first-order chi connectivity index (χ1) is 8.70. The molecule has 0 aliphatic carbocycles. The maximum Gasteiger partial charge on any atom is -0.0184 e. The molecule has 0 fully saturated rings. The van der Waals surface area contributed by atoms with Gasteiger partial charge < -0.3 is 0 Å². The number of benzene rings is 2. The molecule has 0 radical (unpaired) electrons. The van der Waals surface area contributed by atoms with Crippen LogP contribution in [0.1, 0.15) is 27.7 Å². The van der Waals surface area contributed by atoms with Crippen LogP contribution in [0.5, 0.6) is 0 Å². The summed E-state index contributed by atoms with van der Waals surface area (Å²) in [5, 5.41) is 2.62. The summed E-state index contributed by atoms with van der Waals surface area (Å²) in [5.41, 5.74) is 0. The van der Waals surface area contributed by atoms with Crippen LogP contribution in [0.3, 0.4) is 0 Å². The van der Waals surface area contributed by atoms with E-state index in [0.717, 1.165) is 0 Å². The molecular formula is C14H20I3V. The summed E-state index contributed by atoms with van der Waals surface area (Å²) in [6.07, 6.45) is 0. The van der Waals surface area contributed by atoms with Gasteiger partial charge in [-0.15, -0.1) is 0 Å². The van der Waals surface area contributed by atoms with Gasteiger partial charge in [0.15, 0.2) is 0 Å². The minimum atomic E-state index is -0.278. The zero-order valence-corrected chi connectivity index (χ0v) is 19.1. The topological polar surface area (TPSA) is 0 Å². The van der Waals surface area contributed by atoms with Gasteiger partial charge in [-0.1, -0.05) is 76.2 Å². The Hall–Kier alpha value is 1.47. The van der Waals surface area contributed by atoms with Gasteiger partial charge >= 0.3 is 64.9 Å². The summed E-state index contributed by atoms with van der Waals surface area (Å²) in [7, 11) is 0. The maximum atomic E-state index is 2.46. The van der Waals surface area contributed by atoms with Crippen LogP contribution >= 0.6 is 59.9 Å². The molecule has 0 unspecified atom stereocenters. The quantitative estimate of drug-likeness (QED) is 0.267. The van der Waals surface area contributed by atoms with Crippen LogP contribution in [0, 0.1) is 0 Å². The molecule has 0 aromatic heterocycles. The SMILES string of the molecule is CC.CC.[I][V]([I])[I].c1ccc2ccccc2c1. The van der Waals surface area contributed by atoms with Crippen LogP contribution < -0.4 is 0 Å². The molecule has 0 spiro atoms. The summed E-state index contributed by atoms with van der Waals surface area (Å²) in [4.78, 5) is -0.278. The van der Waals surface area contributed by atoms with Crippen LogP contribution in [0.15, 0.2) is 48.5 Å². The number of hydrogen-bond donors (Lipinski definition) is 0. The van der Waals surface area contributed by atoms with E-state index in [4.69, 9.17) is 0 Å². The van der Waals surface area contributed by atoms with E-state index in [-0.39, 0.29) is 4.92 Å². The standard InChI is InChI=1S/C10H8.2C2H6.3HI.V/c1-2-6-10-8-4-3-7-9(10)5-1;2*1-2;;;;/h1-8H;2*1-2H3;3*1H;/q;;;;;;+3/p-3. The van der Waals surface area contributed by atoms with Gasteiger partial charge in [0, 0.05) is 0 Å². The van der Waals surface area contributed by atoms with E-state index in [1.54, 1.807) is 0 Å². The number of halogens is 3. The van der Waals surface area contributed by atoms with Crippen molar-refractivity contribution in [3.05, 3.63) is 48.5 Å². The third-order valence-corrected chi connectivity index (χ3v) is 1.66. The number of fused-ring (bicyclic) bond motifs is 1. The summed E-state index contributed by atoms with van der Waals surface area (Å²) in [6.45, 7) is 8.00. The van der Waals surface area contributed by atoms with Crippen molar-refractivity contribution in [1.82, 2.24) is 0 Å². The van der Waals surface area contributed by atoms with Crippen molar-refractivity contribution < 1.29 is 4.92 Å². The van der Waals surface area contributed by atoms with E-state index in [9.17, 15) is 0 Å². The predicted octanol–water partition coefficient (Wildman–Crippen LogP) is 7.55. The molecule has 0 saturated heterocycles. The van der Waals surface area contributed by atoms with Crippen molar-refractivity contribution in [2.24, 2.45) is 0 Å². The molecule has 0 N–H and O–H groups in total. The Morgan fingerprint density at radius 1 is 0.611 bits per heavy atom. The average Bonchev–Trinajstić information content (AvgIpc) is 2.43. The minimum absolute atomic E-state index is 0.278. The predicted molar refractivity (Wildman–Crippen MR) is 109 cm³/mol. The molecule has 18 heavy (non-hydrogen) atoms. The summed E-state index contributed by atoms with van der Waals surface area (Å²) < 4.78 is 0. The molecule has 2 aromatic rings. The molecule has 0 aliphatic heterocycles. The molecular weight excluding hydrogens is 600 g/mol. The average molecular weight is 620 g/mol. The van der Waals surface area contributed by atoms with Crippen molar-refractivity contribution in [3.63, 3.8) is 0 Å². The molecule has 2 aromatic carbocycles. The molecule has 0 saturated carbocycles. The van der Waals surface area contributed by atoms with Crippen LogP contribution in [-0.4, -0.2) is 0 Å². The molecule has 2 rings (SSSR count). The number of hydrogen-bond acceptors (Lipinski definition) is 0. The normalized spacial score (nSPS) is 8.22. The third-order valence-electron chi connectivity index (χ3n) is 1.66. The zero-order chi connectivity index (χ0) is 14.4. The molecule has 0 nitrogen and oxygen atoms in total. The van der Waals surface area contributed by atoms with Crippen LogP contribution in [0.4, 0.5) is 0 Å². The van der Waals surface area contributed by atoms with Crippen LogP contribution in [-0.2, 0) is 4.92 Å². The van der Waals surface area contributed by atoms with Crippen molar-refractivity contribution in [2.45, 2.75) is 27.7 Å². The van der Waals surface area contributed by atoms with E-state index in [0.29, 0.717) is 0 Å². The van der Waals surface area contributed by atoms with Crippen molar-refractivity contribution in [2.75, 3.05) is 0 Å². The second kappa shape index (κ2) is 16.5. The molecule has 0 heterocycles. The van der Waals surface area contributed by atoms with Gasteiger partial charge in [0.1, 0.15) is 0 Å². The Kier molecular flexibility index (Phi) is 20.0. The van der Waals surface area contributed by atoms with E-state index in [1.807, 2.05) is 27.7 Å². The number of rotatable bonds is 0. The summed E-state index contributed by atoms with van der Waals surface area (Å²) >= 11 is 7.39. The summed E-state index contributed by atoms with van der Waals surface area (Å²) in [5.74, 6) is 0. The Morgan fingerprint density at radius 3 is 0.944 bits per heavy atom. The minimum Gasteiger partial charge on any atom is -0.0616 e. The monoisotopic (exact) mass is 620 g/mol. The molecule has 0 atom stereocenters. The van der Waals surface area contributed by atoms with Crippen molar-refractivity contribution >= 4 is 70.7 Å². The zero-order valence-electron chi connectivity index (χ0n) is 11.2. The van der Waals surface area contributed by atoms with Gasteiger partial charge in [0.25, 0.3) is 0 Å². The summed E-state index contributed by atoms with van der Waals surface area (Å²) in [6, 6.07) is 16.7. The van der Waals surface area contributed by atoms with E-state index in [2.05, 4.69) is 108 Å². The van der Waals surface area contributed by atoms with Crippen LogP contribution in [0.2, 0.25) is 0 Å². The van der Waals surface area contributed by atoms with Gasteiger partial charge in [-0.05, 0) is 10.8 Å². The second-order valence-electron chi connectivity index (χ2n) is 2.54. The largest absolute Gasteiger partial charge is 0.0616 e. The van der Waals surface area contributed by atoms with E-state index >= 15 is 0 Å². The first-order valence-corrected chi connectivity index (χ1v) is 19.4. The Labute approximate surface area is 149 Å². The molecule has 0 bridgehead atoms. The molecule has 102 valence electrons. The van der Waals surface area contributed by atoms with Gasteiger partial charge in [0.2, 0.25) is 0 Å². The Balaban J connectivity index is 0. The van der Waals surface area contributed by atoms with Gasteiger partial charge in [-0.2, -0.15) is 0 Å². The fraction of sp³-hybridized carbons (Fsp3) is 0.286. The van der Waals surface area contributed by atoms with E-state index in [1.165, 1.54) is 10.8 Å². The molecule has 4 heteroatoms. The first-order valence-electron chi connectivity index (χ1n) is 5.91. The van der Waals surface area contributed by atoms with Crippen molar-refractivity contribution in [3.8, 4) is 0 Å². The van der Waals surface area contributed by atoms with Crippen LogP contribution in [0.25, 0.3) is 10.8 Å². The Bertz CT molecular complexity index is 323. The second-order valence-corrected chi connectivity index (χ2v) is 37.9. The third kappa shape index (κ3) is 12.5. The van der Waals surface area contributed by atoms with Gasteiger partial charge in [-0.3, -0.25) is 0 Å². The smallest absolute Gasteiger partial charge is 0.0184 e. The maximum absolute atomic E-state index is 2.46. The Morgan fingerprint density at radius 2 is 0.778 bits per heavy atom. The van der Waals surface area contributed by atoms with E-state index < -0.39 is 0 Å². The first kappa shape index (κ1) is 21.8. The van der Waals surface area contributed by atoms with Gasteiger partial charge in [0.05, 0.1) is 0 Å².